The van der Waals surface area contributed by atoms with Crippen LogP contribution in [0.15, 0.2) is 36.5 Å². The van der Waals surface area contributed by atoms with E-state index in [1.54, 1.807) is 12.3 Å². The Kier molecular flexibility index (Phi) is 5.51. The van der Waals surface area contributed by atoms with E-state index < -0.39 is 11.7 Å². The Balaban J connectivity index is 1.43. The lowest BCUT2D eigenvalue weighted by Gasteiger charge is -2.04. The molecule has 3 heterocycles. The van der Waals surface area contributed by atoms with E-state index in [0.29, 0.717) is 15.6 Å². The minimum atomic E-state index is -0.426. The molecule has 0 aliphatic carbocycles. The molecule has 152 valence electrons. The number of hydrogen-bond donors (Lipinski definition) is 1. The van der Waals surface area contributed by atoms with Crippen LogP contribution in [-0.2, 0) is 6.54 Å². The molecule has 0 unspecified atom stereocenters. The van der Waals surface area contributed by atoms with Crippen LogP contribution in [0.4, 0.5) is 4.39 Å². The number of carbonyl (C=O) groups is 1. The predicted octanol–water partition coefficient (Wildman–Crippen LogP) is 3.52. The molecule has 8 nitrogen and oxygen atoms in total. The van der Waals surface area contributed by atoms with E-state index in [9.17, 15) is 9.18 Å². The normalized spacial score (nSPS) is 10.9. The van der Waals surface area contributed by atoms with Gasteiger partial charge in [-0.1, -0.05) is 28.2 Å². The second-order valence-electron chi connectivity index (χ2n) is 6.41. The number of carbonyl (C=O) groups excluding carboxylic acids is 1. The standard InChI is InChI=1S/C19H15ClFN7OS/c1-10-3-6-16(11(2)23-10)28-9-15(24-27-28)18(29)22-8-17-25-26-19(30-17)13-5-4-12(21)7-14(13)20/h3-7,9H,8H2,1-2H3,(H,22,29). The molecule has 30 heavy (non-hydrogen) atoms. The van der Waals surface area contributed by atoms with Crippen LogP contribution in [0, 0.1) is 19.7 Å². The molecular formula is C19H15ClFN7OS. The van der Waals surface area contributed by atoms with Crippen molar-refractivity contribution in [1.29, 1.82) is 0 Å². The molecule has 0 atom stereocenters. The van der Waals surface area contributed by atoms with Crippen LogP contribution in [0.25, 0.3) is 16.3 Å². The smallest absolute Gasteiger partial charge is 0.273 e. The van der Waals surface area contributed by atoms with Crippen molar-refractivity contribution in [3.8, 4) is 16.3 Å². The molecular weight excluding hydrogens is 429 g/mol. The average Bonchev–Trinajstić information content (AvgIpc) is 3.36. The van der Waals surface area contributed by atoms with Gasteiger partial charge in [0.2, 0.25) is 0 Å². The SMILES string of the molecule is Cc1ccc(-n2cc(C(=O)NCc3nnc(-c4ccc(F)cc4Cl)s3)nn2)c(C)n1. The summed E-state index contributed by atoms with van der Waals surface area (Å²) >= 11 is 7.32. The molecule has 0 aliphatic rings. The zero-order chi connectivity index (χ0) is 21.3. The van der Waals surface area contributed by atoms with Gasteiger partial charge < -0.3 is 5.32 Å². The molecule has 3 aromatic heterocycles. The highest BCUT2D eigenvalue weighted by molar-refractivity contribution is 7.14. The fraction of sp³-hybridized carbons (Fsp3) is 0.158. The maximum Gasteiger partial charge on any atom is 0.273 e. The molecule has 0 saturated heterocycles. The van der Waals surface area contributed by atoms with E-state index in [-0.39, 0.29) is 17.3 Å². The fourth-order valence-corrected chi connectivity index (χ4v) is 3.88. The van der Waals surface area contributed by atoms with E-state index in [0.717, 1.165) is 17.1 Å². The van der Waals surface area contributed by atoms with Crippen molar-refractivity contribution in [2.45, 2.75) is 20.4 Å². The molecule has 0 fully saturated rings. The molecule has 11 heteroatoms. The van der Waals surface area contributed by atoms with Gasteiger partial charge in [-0.25, -0.2) is 9.07 Å². The molecule has 0 radical (unpaired) electrons. The minimum absolute atomic E-state index is 0.160. The molecule has 0 saturated carbocycles. The first-order chi connectivity index (χ1) is 14.4. The summed E-state index contributed by atoms with van der Waals surface area (Å²) in [6.07, 6.45) is 1.54. The Labute approximate surface area is 179 Å². The summed E-state index contributed by atoms with van der Waals surface area (Å²) in [5.41, 5.74) is 3.18. The van der Waals surface area contributed by atoms with Crippen LogP contribution in [-0.4, -0.2) is 36.1 Å². The summed E-state index contributed by atoms with van der Waals surface area (Å²) in [5, 5.41) is 20.1. The lowest BCUT2D eigenvalue weighted by atomic mass is 10.2. The van der Waals surface area contributed by atoms with Crippen LogP contribution in [0.3, 0.4) is 0 Å². The fourth-order valence-electron chi connectivity index (χ4n) is 2.75. The summed E-state index contributed by atoms with van der Waals surface area (Å²) in [6.45, 7) is 3.93. The molecule has 4 aromatic rings. The second kappa shape index (κ2) is 8.25. The Morgan fingerprint density at radius 3 is 2.80 bits per heavy atom. The van der Waals surface area contributed by atoms with Crippen LogP contribution >= 0.6 is 22.9 Å². The van der Waals surface area contributed by atoms with Crippen molar-refractivity contribution in [3.05, 3.63) is 69.5 Å². The van der Waals surface area contributed by atoms with Gasteiger partial charge in [0.25, 0.3) is 5.91 Å². The number of hydrogen-bond acceptors (Lipinski definition) is 7. The lowest BCUT2D eigenvalue weighted by molar-refractivity contribution is 0.0945. The summed E-state index contributed by atoms with van der Waals surface area (Å²) in [7, 11) is 0. The van der Waals surface area contributed by atoms with Gasteiger partial charge >= 0.3 is 0 Å². The first-order valence-electron chi connectivity index (χ1n) is 8.83. The van der Waals surface area contributed by atoms with Gasteiger partial charge in [-0.05, 0) is 44.2 Å². The molecule has 1 N–H and O–H groups in total. The summed E-state index contributed by atoms with van der Waals surface area (Å²) in [5.74, 6) is -0.819. The first-order valence-corrected chi connectivity index (χ1v) is 10.0. The number of aryl methyl sites for hydroxylation is 2. The topological polar surface area (TPSA) is 98.5 Å². The highest BCUT2D eigenvalue weighted by atomic mass is 35.5. The number of nitrogens with one attached hydrogen (secondary N) is 1. The summed E-state index contributed by atoms with van der Waals surface area (Å²) < 4.78 is 14.7. The number of rotatable bonds is 5. The number of pyridine rings is 1. The summed E-state index contributed by atoms with van der Waals surface area (Å²) in [4.78, 5) is 16.8. The van der Waals surface area contributed by atoms with Gasteiger partial charge in [-0.15, -0.1) is 15.3 Å². The van der Waals surface area contributed by atoms with Crippen molar-refractivity contribution >= 4 is 28.8 Å². The number of aromatic nitrogens is 6. The maximum atomic E-state index is 13.2. The van der Waals surface area contributed by atoms with E-state index in [2.05, 4.69) is 30.8 Å². The predicted molar refractivity (Wildman–Crippen MR) is 110 cm³/mol. The third-order valence-corrected chi connectivity index (χ3v) is 5.47. The zero-order valence-electron chi connectivity index (χ0n) is 15.9. The minimum Gasteiger partial charge on any atom is -0.344 e. The zero-order valence-corrected chi connectivity index (χ0v) is 17.5. The highest BCUT2D eigenvalue weighted by Crippen LogP contribution is 2.30. The third-order valence-electron chi connectivity index (χ3n) is 4.20. The Morgan fingerprint density at radius 1 is 1.20 bits per heavy atom. The van der Waals surface area contributed by atoms with Gasteiger partial charge in [-0.2, -0.15) is 0 Å². The van der Waals surface area contributed by atoms with E-state index in [1.807, 2.05) is 26.0 Å². The van der Waals surface area contributed by atoms with Crippen LogP contribution < -0.4 is 5.32 Å². The second-order valence-corrected chi connectivity index (χ2v) is 7.88. The Bertz CT molecular complexity index is 1240. The number of benzene rings is 1. The van der Waals surface area contributed by atoms with Crippen molar-refractivity contribution in [1.82, 2.24) is 35.5 Å². The van der Waals surface area contributed by atoms with Crippen molar-refractivity contribution in [3.63, 3.8) is 0 Å². The number of nitrogens with zero attached hydrogens (tertiary/aromatic N) is 6. The Morgan fingerprint density at radius 2 is 2.03 bits per heavy atom. The molecule has 4 rings (SSSR count). The molecule has 0 aliphatic heterocycles. The van der Waals surface area contributed by atoms with Crippen LogP contribution in [0.1, 0.15) is 26.9 Å². The van der Waals surface area contributed by atoms with Crippen LogP contribution in [0.2, 0.25) is 5.02 Å². The van der Waals surface area contributed by atoms with Gasteiger partial charge in [0.1, 0.15) is 15.8 Å². The first kappa shape index (κ1) is 20.0. The number of amides is 1. The molecule has 0 spiro atoms. The Hall–Kier alpha value is -3.24. The van der Waals surface area contributed by atoms with E-state index >= 15 is 0 Å². The van der Waals surface area contributed by atoms with Gasteiger partial charge in [0.15, 0.2) is 5.69 Å². The van der Waals surface area contributed by atoms with Gasteiger partial charge in [0, 0.05) is 11.3 Å². The number of halogens is 2. The van der Waals surface area contributed by atoms with Crippen molar-refractivity contribution in [2.24, 2.45) is 0 Å². The van der Waals surface area contributed by atoms with Gasteiger partial charge in [0.05, 0.1) is 29.1 Å². The van der Waals surface area contributed by atoms with E-state index in [1.165, 1.54) is 28.2 Å². The third kappa shape index (κ3) is 4.19. The molecule has 0 bridgehead atoms. The largest absolute Gasteiger partial charge is 0.344 e. The van der Waals surface area contributed by atoms with Gasteiger partial charge in [-0.3, -0.25) is 9.78 Å². The molecule has 1 aromatic carbocycles. The maximum absolute atomic E-state index is 13.2. The quantitative estimate of drug-likeness (QED) is 0.506. The van der Waals surface area contributed by atoms with Crippen molar-refractivity contribution < 1.29 is 9.18 Å². The molecule has 1 amide bonds. The van der Waals surface area contributed by atoms with E-state index in [4.69, 9.17) is 11.6 Å². The van der Waals surface area contributed by atoms with Crippen molar-refractivity contribution in [2.75, 3.05) is 0 Å². The average molecular weight is 444 g/mol. The van der Waals surface area contributed by atoms with Crippen LogP contribution in [0.5, 0.6) is 0 Å². The monoisotopic (exact) mass is 443 g/mol. The highest BCUT2D eigenvalue weighted by Gasteiger charge is 2.15. The summed E-state index contributed by atoms with van der Waals surface area (Å²) in [6, 6.07) is 7.80. The lowest BCUT2D eigenvalue weighted by Crippen LogP contribution is -2.23.